The number of nitrogens with zero attached hydrogens (tertiary/aromatic N) is 2. The summed E-state index contributed by atoms with van der Waals surface area (Å²) in [5.74, 6) is 0. The maximum absolute atomic E-state index is 12.6. The van der Waals surface area contributed by atoms with Crippen molar-refractivity contribution >= 4 is 18.1 Å². The molecule has 0 unspecified atom stereocenters. The molecule has 1 fully saturated rings. The van der Waals surface area contributed by atoms with Gasteiger partial charge in [-0.25, -0.2) is 4.79 Å². The van der Waals surface area contributed by atoms with E-state index in [-0.39, 0.29) is 6.10 Å². The number of rotatable bonds is 9. The predicted molar refractivity (Wildman–Crippen MR) is 140 cm³/mol. The summed E-state index contributed by atoms with van der Waals surface area (Å²) in [6.45, 7) is 4.62. The van der Waals surface area contributed by atoms with Gasteiger partial charge in [-0.3, -0.25) is 10.1 Å². The fourth-order valence-corrected chi connectivity index (χ4v) is 4.41. The van der Waals surface area contributed by atoms with Crippen molar-refractivity contribution < 1.29 is 14.3 Å². The van der Waals surface area contributed by atoms with E-state index in [0.29, 0.717) is 5.56 Å². The van der Waals surface area contributed by atoms with Crippen LogP contribution < -0.4 is 5.32 Å². The van der Waals surface area contributed by atoms with Gasteiger partial charge < -0.3 is 14.5 Å². The van der Waals surface area contributed by atoms with Crippen LogP contribution in [0.25, 0.3) is 11.1 Å². The number of hydrogen-bond donors (Lipinski definition) is 1. The number of nitrogens with one attached hydrogen (secondary N) is 1. The lowest BCUT2D eigenvalue weighted by molar-refractivity contribution is 0.0563. The number of carbonyl (C=O) groups excluding carboxylic acids is 2. The second-order valence-corrected chi connectivity index (χ2v) is 9.08. The van der Waals surface area contributed by atoms with Gasteiger partial charge in [0.15, 0.2) is 0 Å². The maximum atomic E-state index is 12.6. The molecular weight excluding hydrogens is 438 g/mol. The summed E-state index contributed by atoms with van der Waals surface area (Å²) >= 11 is 0. The molecule has 0 spiro atoms. The van der Waals surface area contributed by atoms with Crippen molar-refractivity contribution in [2.45, 2.75) is 25.5 Å². The summed E-state index contributed by atoms with van der Waals surface area (Å²) in [6, 6.07) is 25.5. The third-order valence-corrected chi connectivity index (χ3v) is 6.42. The van der Waals surface area contributed by atoms with E-state index in [0.717, 1.165) is 68.7 Å². The lowest BCUT2D eigenvalue weighted by atomic mass is 10.0. The molecule has 0 radical (unpaired) electrons. The molecule has 0 aromatic heterocycles. The van der Waals surface area contributed by atoms with Gasteiger partial charge in [0.2, 0.25) is 0 Å². The van der Waals surface area contributed by atoms with E-state index < -0.39 is 6.09 Å². The van der Waals surface area contributed by atoms with E-state index in [1.165, 1.54) is 5.56 Å². The Morgan fingerprint density at radius 1 is 1.00 bits per heavy atom. The zero-order chi connectivity index (χ0) is 24.5. The number of benzene rings is 3. The first kappa shape index (κ1) is 24.6. The number of amides is 1. The molecule has 1 amide bonds. The molecular formula is C29H33N3O3. The highest BCUT2D eigenvalue weighted by atomic mass is 16.6. The van der Waals surface area contributed by atoms with Crippen LogP contribution in [-0.2, 0) is 11.3 Å². The summed E-state index contributed by atoms with van der Waals surface area (Å²) in [6.07, 6.45) is 2.08. The van der Waals surface area contributed by atoms with E-state index in [2.05, 4.69) is 22.2 Å². The number of piperidine rings is 1. The first-order chi connectivity index (χ1) is 17.1. The Labute approximate surface area is 207 Å². The van der Waals surface area contributed by atoms with Crippen molar-refractivity contribution in [3.63, 3.8) is 0 Å². The van der Waals surface area contributed by atoms with Gasteiger partial charge in [-0.05, 0) is 37.1 Å². The normalized spacial score (nSPS) is 14.6. The van der Waals surface area contributed by atoms with Gasteiger partial charge in [-0.15, -0.1) is 0 Å². The van der Waals surface area contributed by atoms with Crippen molar-refractivity contribution in [3.8, 4) is 11.1 Å². The summed E-state index contributed by atoms with van der Waals surface area (Å²) in [7, 11) is 2.11. The third kappa shape index (κ3) is 7.25. The number of hydrogen-bond acceptors (Lipinski definition) is 5. The highest BCUT2D eigenvalue weighted by Crippen LogP contribution is 2.28. The maximum Gasteiger partial charge on any atom is 0.411 e. The van der Waals surface area contributed by atoms with Crippen LogP contribution in [-0.4, -0.2) is 61.5 Å². The number of ether oxygens (including phenoxy) is 1. The lowest BCUT2D eigenvalue weighted by Gasteiger charge is -2.32. The number of aldehydes is 1. The zero-order valence-corrected chi connectivity index (χ0v) is 20.2. The van der Waals surface area contributed by atoms with Crippen LogP contribution in [0.3, 0.4) is 0 Å². The van der Waals surface area contributed by atoms with Crippen LogP contribution in [0.1, 0.15) is 28.8 Å². The topological polar surface area (TPSA) is 61.9 Å². The molecule has 0 atom stereocenters. The fourth-order valence-electron chi connectivity index (χ4n) is 4.41. The van der Waals surface area contributed by atoms with E-state index in [1.807, 2.05) is 78.9 Å². The molecule has 1 saturated heterocycles. The Bertz CT molecular complexity index is 1090. The van der Waals surface area contributed by atoms with E-state index in [4.69, 9.17) is 4.74 Å². The number of likely N-dealkylation sites (N-methyl/N-ethyl adjacent to an activating group) is 1. The number of carbonyl (C=O) groups is 2. The highest BCUT2D eigenvalue weighted by Gasteiger charge is 2.23. The minimum absolute atomic E-state index is 0.0656. The average Bonchev–Trinajstić information content (AvgIpc) is 2.89. The third-order valence-electron chi connectivity index (χ3n) is 6.42. The Morgan fingerprint density at radius 2 is 1.69 bits per heavy atom. The second kappa shape index (κ2) is 12.3. The van der Waals surface area contributed by atoms with Gasteiger partial charge in [0.1, 0.15) is 12.4 Å². The summed E-state index contributed by atoms with van der Waals surface area (Å²) in [5, 5.41) is 2.94. The number of likely N-dealkylation sites (tertiary alicyclic amines) is 1. The number of anilines is 1. The predicted octanol–water partition coefficient (Wildman–Crippen LogP) is 5.31. The van der Waals surface area contributed by atoms with Crippen molar-refractivity contribution in [2.75, 3.05) is 38.5 Å². The highest BCUT2D eigenvalue weighted by molar-refractivity contribution is 5.91. The van der Waals surface area contributed by atoms with Crippen LogP contribution in [0.5, 0.6) is 0 Å². The summed E-state index contributed by atoms with van der Waals surface area (Å²) < 4.78 is 5.75. The quantitative estimate of drug-likeness (QED) is 0.429. The Kier molecular flexibility index (Phi) is 8.65. The molecule has 6 nitrogen and oxygen atoms in total. The van der Waals surface area contributed by atoms with E-state index in [1.54, 1.807) is 0 Å². The Hall–Kier alpha value is -3.48. The summed E-state index contributed by atoms with van der Waals surface area (Å²) in [5.41, 5.74) is 4.69. The molecule has 0 aliphatic carbocycles. The number of para-hydroxylation sites is 1. The van der Waals surface area contributed by atoms with Crippen LogP contribution in [0.4, 0.5) is 10.5 Å². The SMILES string of the molecule is CN(CCN1CCC(OC(=O)Nc2ccccc2-c2ccccc2)CC1)Cc1ccc(C=O)cc1. The zero-order valence-electron chi connectivity index (χ0n) is 20.2. The average molecular weight is 472 g/mol. The first-order valence-electron chi connectivity index (χ1n) is 12.2. The van der Waals surface area contributed by atoms with Gasteiger partial charge in [0.25, 0.3) is 0 Å². The smallest absolute Gasteiger partial charge is 0.411 e. The molecule has 1 aliphatic rings. The van der Waals surface area contributed by atoms with Crippen LogP contribution in [0.15, 0.2) is 78.9 Å². The molecule has 0 saturated carbocycles. The largest absolute Gasteiger partial charge is 0.446 e. The molecule has 1 aliphatic heterocycles. The van der Waals surface area contributed by atoms with Crippen molar-refractivity contribution in [1.29, 1.82) is 0 Å². The molecule has 3 aromatic carbocycles. The van der Waals surface area contributed by atoms with Gasteiger partial charge in [0.05, 0.1) is 5.69 Å². The Morgan fingerprint density at radius 3 is 2.40 bits per heavy atom. The molecule has 3 aromatic rings. The van der Waals surface area contributed by atoms with Crippen LogP contribution in [0, 0.1) is 0 Å². The molecule has 6 heteroatoms. The second-order valence-electron chi connectivity index (χ2n) is 9.08. The molecule has 4 rings (SSSR count). The van der Waals surface area contributed by atoms with Crippen molar-refractivity contribution in [2.24, 2.45) is 0 Å². The van der Waals surface area contributed by atoms with Crippen molar-refractivity contribution in [3.05, 3.63) is 90.0 Å². The summed E-state index contributed by atoms with van der Waals surface area (Å²) in [4.78, 5) is 28.1. The van der Waals surface area contributed by atoms with Gasteiger partial charge in [-0.1, -0.05) is 72.8 Å². The molecule has 0 bridgehead atoms. The van der Waals surface area contributed by atoms with Gasteiger partial charge in [-0.2, -0.15) is 0 Å². The minimum Gasteiger partial charge on any atom is -0.446 e. The standard InChI is InChI=1S/C29H33N3O3/c1-31(21-23-11-13-24(22-33)14-12-23)19-20-32-17-15-26(16-18-32)35-29(34)30-28-10-6-5-9-27(28)25-7-3-2-4-8-25/h2-14,22,26H,15-21H2,1H3,(H,30,34). The molecule has 35 heavy (non-hydrogen) atoms. The molecule has 182 valence electrons. The van der Waals surface area contributed by atoms with E-state index in [9.17, 15) is 9.59 Å². The first-order valence-corrected chi connectivity index (χ1v) is 12.2. The van der Waals surface area contributed by atoms with Crippen LogP contribution in [0.2, 0.25) is 0 Å². The monoisotopic (exact) mass is 471 g/mol. The van der Waals surface area contributed by atoms with Crippen LogP contribution >= 0.6 is 0 Å². The lowest BCUT2D eigenvalue weighted by Crippen LogP contribution is -2.41. The van der Waals surface area contributed by atoms with E-state index >= 15 is 0 Å². The Balaban J connectivity index is 1.19. The van der Waals surface area contributed by atoms with Gasteiger partial charge in [0, 0.05) is 43.9 Å². The molecule has 1 N–H and O–H groups in total. The molecule has 1 heterocycles. The van der Waals surface area contributed by atoms with Crippen molar-refractivity contribution in [1.82, 2.24) is 9.80 Å². The van der Waals surface area contributed by atoms with Gasteiger partial charge >= 0.3 is 6.09 Å². The fraction of sp³-hybridized carbons (Fsp3) is 0.310. The minimum atomic E-state index is -0.396.